The molecule has 0 spiro atoms. The van der Waals surface area contributed by atoms with E-state index in [1.807, 2.05) is 55.4 Å². The molecule has 1 rings (SSSR count). The lowest BCUT2D eigenvalue weighted by Crippen LogP contribution is -2.67. The van der Waals surface area contributed by atoms with Gasteiger partial charge >= 0.3 is 0 Å². The summed E-state index contributed by atoms with van der Waals surface area (Å²) in [6.07, 6.45) is -0.460. The predicted molar refractivity (Wildman–Crippen MR) is 70.7 cm³/mol. The molecule has 100 valence electrons. The number of aliphatic hydroxyl groups excluding tert-OH is 1. The lowest BCUT2D eigenvalue weighted by molar-refractivity contribution is -0.209. The van der Waals surface area contributed by atoms with Gasteiger partial charge in [-0.25, -0.2) is 0 Å². The molecule has 0 aliphatic heterocycles. The maximum atomic E-state index is 11.3. The van der Waals surface area contributed by atoms with Gasteiger partial charge in [0.1, 0.15) is 6.04 Å². The highest BCUT2D eigenvalue weighted by atomic mass is 16.3. The average molecular weight is 241 g/mol. The van der Waals surface area contributed by atoms with Crippen molar-refractivity contribution in [2.24, 2.45) is 26.8 Å². The number of hydrogen-bond acceptors (Lipinski definition) is 3. The Labute approximate surface area is 105 Å². The quantitative estimate of drug-likeness (QED) is 0.713. The first-order valence-corrected chi connectivity index (χ1v) is 6.35. The summed E-state index contributed by atoms with van der Waals surface area (Å²) < 4.78 is 0. The Balaban J connectivity index is 3.48. The third-order valence-corrected chi connectivity index (χ3v) is 6.16. The van der Waals surface area contributed by atoms with Crippen molar-refractivity contribution >= 4 is 0 Å². The molecule has 0 aromatic heterocycles. The van der Waals surface area contributed by atoms with Gasteiger partial charge in [-0.2, -0.15) is 4.91 Å². The molecule has 0 atom stereocenters. The summed E-state index contributed by atoms with van der Waals surface area (Å²) in [6, 6.07) is -0.302. The van der Waals surface area contributed by atoms with Crippen LogP contribution in [-0.4, -0.2) is 17.3 Å². The van der Waals surface area contributed by atoms with Crippen LogP contribution in [0, 0.1) is 26.6 Å². The highest BCUT2D eigenvalue weighted by Crippen LogP contribution is 2.64. The standard InChI is InChI=1S/C14H27NO2/c1-11(2)9(15-17)12(3,4)14(7,8)10(16)13(11,5)6/h9-10,16H,1-8H3. The fourth-order valence-corrected chi connectivity index (χ4v) is 3.48. The Hall–Kier alpha value is -0.440. The van der Waals surface area contributed by atoms with Crippen LogP contribution < -0.4 is 0 Å². The summed E-state index contributed by atoms with van der Waals surface area (Å²) in [4.78, 5) is 11.3. The average Bonchev–Trinajstić information content (AvgIpc) is 2.14. The first-order chi connectivity index (χ1) is 7.35. The van der Waals surface area contributed by atoms with Crippen LogP contribution in [0.3, 0.4) is 0 Å². The molecular formula is C14H27NO2. The SMILES string of the molecule is CC1(C)C(O)C(C)(C)C(C)(C)C(N=O)C1(C)C. The fraction of sp³-hybridized carbons (Fsp3) is 1.00. The molecule has 1 N–H and O–H groups in total. The minimum absolute atomic E-state index is 0.302. The Morgan fingerprint density at radius 1 is 0.765 bits per heavy atom. The second-order valence-corrected chi connectivity index (χ2v) is 7.80. The Morgan fingerprint density at radius 3 is 1.29 bits per heavy atom. The van der Waals surface area contributed by atoms with Crippen LogP contribution >= 0.6 is 0 Å². The molecule has 0 unspecified atom stereocenters. The van der Waals surface area contributed by atoms with Gasteiger partial charge in [0, 0.05) is 0 Å². The summed E-state index contributed by atoms with van der Waals surface area (Å²) in [5.74, 6) is 0. The third-order valence-electron chi connectivity index (χ3n) is 6.16. The van der Waals surface area contributed by atoms with E-state index in [-0.39, 0.29) is 27.7 Å². The number of nitrogens with zero attached hydrogens (tertiary/aromatic N) is 1. The minimum atomic E-state index is -0.460. The zero-order valence-electron chi connectivity index (χ0n) is 12.5. The lowest BCUT2D eigenvalue weighted by Gasteiger charge is -2.64. The van der Waals surface area contributed by atoms with Crippen LogP contribution in [0.1, 0.15) is 55.4 Å². The molecule has 0 heterocycles. The van der Waals surface area contributed by atoms with Crippen molar-refractivity contribution < 1.29 is 5.11 Å². The molecular weight excluding hydrogens is 214 g/mol. The topological polar surface area (TPSA) is 49.7 Å². The molecule has 0 aromatic rings. The van der Waals surface area contributed by atoms with Crippen LogP contribution in [0.2, 0.25) is 0 Å². The van der Waals surface area contributed by atoms with Crippen molar-refractivity contribution in [3.8, 4) is 0 Å². The number of nitroso groups, excluding NO2 is 1. The zero-order chi connectivity index (χ0) is 13.9. The van der Waals surface area contributed by atoms with Crippen molar-refractivity contribution in [2.75, 3.05) is 0 Å². The van der Waals surface area contributed by atoms with E-state index in [2.05, 4.69) is 5.18 Å². The smallest absolute Gasteiger partial charge is 0.103 e. The maximum Gasteiger partial charge on any atom is 0.103 e. The van der Waals surface area contributed by atoms with Gasteiger partial charge < -0.3 is 5.11 Å². The molecule has 0 bridgehead atoms. The van der Waals surface area contributed by atoms with Crippen molar-refractivity contribution in [3.05, 3.63) is 4.91 Å². The monoisotopic (exact) mass is 241 g/mol. The Kier molecular flexibility index (Phi) is 3.04. The van der Waals surface area contributed by atoms with Crippen LogP contribution in [0.15, 0.2) is 5.18 Å². The van der Waals surface area contributed by atoms with Crippen LogP contribution in [-0.2, 0) is 0 Å². The third kappa shape index (κ3) is 1.51. The van der Waals surface area contributed by atoms with E-state index in [9.17, 15) is 10.0 Å². The van der Waals surface area contributed by atoms with E-state index in [0.717, 1.165) is 0 Å². The van der Waals surface area contributed by atoms with Gasteiger partial charge in [0.2, 0.25) is 0 Å². The highest BCUT2D eigenvalue weighted by molar-refractivity contribution is 5.16. The largest absolute Gasteiger partial charge is 0.392 e. The van der Waals surface area contributed by atoms with E-state index in [0.29, 0.717) is 0 Å². The molecule has 3 heteroatoms. The summed E-state index contributed by atoms with van der Waals surface area (Å²) in [5, 5.41) is 14.1. The van der Waals surface area contributed by atoms with E-state index in [1.54, 1.807) is 0 Å². The lowest BCUT2D eigenvalue weighted by atomic mass is 9.41. The first kappa shape index (κ1) is 14.6. The molecule has 1 saturated carbocycles. The molecule has 0 aromatic carbocycles. The second-order valence-electron chi connectivity index (χ2n) is 7.80. The Bertz CT molecular complexity index is 301. The van der Waals surface area contributed by atoms with Crippen LogP contribution in [0.4, 0.5) is 0 Å². The van der Waals surface area contributed by atoms with E-state index < -0.39 is 6.10 Å². The summed E-state index contributed by atoms with van der Waals surface area (Å²) >= 11 is 0. The maximum absolute atomic E-state index is 11.3. The van der Waals surface area contributed by atoms with Crippen LogP contribution in [0.5, 0.6) is 0 Å². The van der Waals surface area contributed by atoms with Gasteiger partial charge in [-0.15, -0.1) is 0 Å². The van der Waals surface area contributed by atoms with Gasteiger partial charge in [0.05, 0.1) is 6.10 Å². The Morgan fingerprint density at radius 2 is 1.06 bits per heavy atom. The summed E-state index contributed by atoms with van der Waals surface area (Å²) in [5.41, 5.74) is -1.34. The number of aliphatic hydroxyl groups is 1. The minimum Gasteiger partial charge on any atom is -0.392 e. The van der Waals surface area contributed by atoms with Crippen molar-refractivity contribution in [3.63, 3.8) is 0 Å². The molecule has 0 radical (unpaired) electrons. The number of rotatable bonds is 1. The van der Waals surface area contributed by atoms with E-state index >= 15 is 0 Å². The summed E-state index contributed by atoms with van der Waals surface area (Å²) in [7, 11) is 0. The van der Waals surface area contributed by atoms with Crippen LogP contribution in [0.25, 0.3) is 0 Å². The van der Waals surface area contributed by atoms with Gasteiger partial charge in [-0.1, -0.05) is 60.6 Å². The van der Waals surface area contributed by atoms with E-state index in [1.165, 1.54) is 0 Å². The first-order valence-electron chi connectivity index (χ1n) is 6.35. The predicted octanol–water partition coefficient (Wildman–Crippen LogP) is 3.60. The molecule has 1 aliphatic carbocycles. The molecule has 0 amide bonds. The van der Waals surface area contributed by atoms with Crippen molar-refractivity contribution in [1.29, 1.82) is 0 Å². The molecule has 3 nitrogen and oxygen atoms in total. The zero-order valence-corrected chi connectivity index (χ0v) is 12.5. The normalized spacial score (nSPS) is 37.5. The van der Waals surface area contributed by atoms with Crippen molar-refractivity contribution in [2.45, 2.75) is 67.5 Å². The second kappa shape index (κ2) is 3.53. The van der Waals surface area contributed by atoms with E-state index in [4.69, 9.17) is 0 Å². The fourth-order valence-electron chi connectivity index (χ4n) is 3.48. The summed E-state index contributed by atoms with van der Waals surface area (Å²) in [6.45, 7) is 16.3. The van der Waals surface area contributed by atoms with Crippen molar-refractivity contribution in [1.82, 2.24) is 0 Å². The molecule has 1 fully saturated rings. The molecule has 17 heavy (non-hydrogen) atoms. The molecule has 0 saturated heterocycles. The highest BCUT2D eigenvalue weighted by Gasteiger charge is 2.66. The number of hydrogen-bond donors (Lipinski definition) is 1. The van der Waals surface area contributed by atoms with Gasteiger partial charge in [0.15, 0.2) is 0 Å². The van der Waals surface area contributed by atoms with Gasteiger partial charge in [-0.3, -0.25) is 0 Å². The van der Waals surface area contributed by atoms with Gasteiger partial charge in [-0.05, 0) is 21.7 Å². The van der Waals surface area contributed by atoms with Gasteiger partial charge in [0.25, 0.3) is 0 Å². The molecule has 1 aliphatic rings.